The van der Waals surface area contributed by atoms with E-state index in [-0.39, 0.29) is 0 Å². The molecule has 0 aromatic carbocycles. The van der Waals surface area contributed by atoms with Gasteiger partial charge in [-0.25, -0.2) is 0 Å². The van der Waals surface area contributed by atoms with Crippen molar-refractivity contribution in [1.29, 1.82) is 0 Å². The van der Waals surface area contributed by atoms with Gasteiger partial charge in [-0.3, -0.25) is 0 Å². The Kier molecular flexibility index (Phi) is 4.75. The first-order chi connectivity index (χ1) is 8.09. The highest BCUT2D eigenvalue weighted by Gasteiger charge is 2.28. The Labute approximate surface area is 110 Å². The quantitative estimate of drug-likeness (QED) is 0.831. The van der Waals surface area contributed by atoms with E-state index < -0.39 is 0 Å². The lowest BCUT2D eigenvalue weighted by atomic mass is 10.1. The third kappa shape index (κ3) is 4.12. The zero-order valence-electron chi connectivity index (χ0n) is 11.4. The second-order valence-electron chi connectivity index (χ2n) is 5.86. The van der Waals surface area contributed by atoms with E-state index in [1.165, 1.54) is 38.2 Å². The molecule has 2 unspecified atom stereocenters. The molecule has 2 fully saturated rings. The molecular weight excluding hydrogens is 232 g/mol. The molecule has 2 rings (SSSR count). The minimum atomic E-state index is 0.429. The van der Waals surface area contributed by atoms with Gasteiger partial charge < -0.3 is 15.0 Å². The lowest BCUT2D eigenvalue weighted by Crippen LogP contribution is -2.38. The van der Waals surface area contributed by atoms with Crippen LogP contribution in [-0.4, -0.2) is 60.8 Å². The van der Waals surface area contributed by atoms with Crippen molar-refractivity contribution >= 4 is 11.8 Å². The van der Waals surface area contributed by atoms with Gasteiger partial charge >= 0.3 is 0 Å². The van der Waals surface area contributed by atoms with Gasteiger partial charge in [0.1, 0.15) is 0 Å². The summed E-state index contributed by atoms with van der Waals surface area (Å²) in [6, 6.07) is 0.631. The fraction of sp³-hybridized carbons (Fsp3) is 1.00. The van der Waals surface area contributed by atoms with Crippen molar-refractivity contribution in [3.8, 4) is 0 Å². The molecule has 0 spiro atoms. The number of nitrogens with zero attached hydrogens (tertiary/aromatic N) is 1. The van der Waals surface area contributed by atoms with Crippen LogP contribution in [0.3, 0.4) is 0 Å². The molecular formula is C13H26N2OS. The standard InChI is InChI=1S/C13H26N2OS/c1-13(2)4-5-15(6-7-17-13)10-11-8-12(16-3)9-14-11/h11-12,14H,4-10H2,1-3H3. The van der Waals surface area contributed by atoms with Crippen LogP contribution in [0.2, 0.25) is 0 Å². The van der Waals surface area contributed by atoms with Gasteiger partial charge in [-0.05, 0) is 19.4 Å². The van der Waals surface area contributed by atoms with Crippen molar-refractivity contribution in [3.05, 3.63) is 0 Å². The highest BCUT2D eigenvalue weighted by atomic mass is 32.2. The van der Waals surface area contributed by atoms with Gasteiger partial charge in [0.05, 0.1) is 6.10 Å². The Morgan fingerprint density at radius 1 is 1.41 bits per heavy atom. The minimum absolute atomic E-state index is 0.429. The van der Waals surface area contributed by atoms with Crippen molar-refractivity contribution in [2.75, 3.05) is 39.0 Å². The van der Waals surface area contributed by atoms with Crippen LogP contribution in [0, 0.1) is 0 Å². The fourth-order valence-corrected chi connectivity index (χ4v) is 3.80. The minimum Gasteiger partial charge on any atom is -0.380 e. The monoisotopic (exact) mass is 258 g/mol. The Morgan fingerprint density at radius 2 is 2.24 bits per heavy atom. The van der Waals surface area contributed by atoms with Crippen molar-refractivity contribution in [2.45, 2.75) is 43.6 Å². The van der Waals surface area contributed by atoms with Crippen LogP contribution in [-0.2, 0) is 4.74 Å². The number of hydrogen-bond donors (Lipinski definition) is 1. The topological polar surface area (TPSA) is 24.5 Å². The molecule has 2 saturated heterocycles. The number of hydrogen-bond acceptors (Lipinski definition) is 4. The molecule has 2 aliphatic rings. The highest BCUT2D eigenvalue weighted by molar-refractivity contribution is 8.00. The van der Waals surface area contributed by atoms with Gasteiger partial charge in [-0.1, -0.05) is 13.8 Å². The van der Waals surface area contributed by atoms with E-state index >= 15 is 0 Å². The van der Waals surface area contributed by atoms with E-state index in [9.17, 15) is 0 Å². The number of nitrogens with one attached hydrogen (secondary N) is 1. The maximum atomic E-state index is 5.40. The first kappa shape index (κ1) is 13.7. The average Bonchev–Trinajstić information content (AvgIpc) is 2.66. The lowest BCUT2D eigenvalue weighted by molar-refractivity contribution is 0.115. The van der Waals surface area contributed by atoms with Gasteiger partial charge in [-0.15, -0.1) is 0 Å². The van der Waals surface area contributed by atoms with Crippen LogP contribution in [0.1, 0.15) is 26.7 Å². The first-order valence-corrected chi connectivity index (χ1v) is 7.70. The summed E-state index contributed by atoms with van der Waals surface area (Å²) in [5, 5.41) is 3.57. The summed E-state index contributed by atoms with van der Waals surface area (Å²) in [5.74, 6) is 1.27. The van der Waals surface area contributed by atoms with E-state index in [1.807, 2.05) is 7.11 Å². The second-order valence-corrected chi connectivity index (χ2v) is 7.66. The molecule has 0 aromatic rings. The second kappa shape index (κ2) is 5.91. The number of ether oxygens (including phenoxy) is 1. The SMILES string of the molecule is COC1CNC(CN2CCSC(C)(C)CC2)C1. The zero-order valence-corrected chi connectivity index (χ0v) is 12.2. The number of thioether (sulfide) groups is 1. The maximum Gasteiger partial charge on any atom is 0.0711 e. The first-order valence-electron chi connectivity index (χ1n) is 6.71. The molecule has 100 valence electrons. The fourth-order valence-electron chi connectivity index (χ4n) is 2.66. The van der Waals surface area contributed by atoms with Crippen molar-refractivity contribution < 1.29 is 4.74 Å². The molecule has 0 saturated carbocycles. The largest absolute Gasteiger partial charge is 0.380 e. The molecule has 0 bridgehead atoms. The number of rotatable bonds is 3. The molecule has 0 radical (unpaired) electrons. The van der Waals surface area contributed by atoms with Crippen LogP contribution in [0.15, 0.2) is 0 Å². The Balaban J connectivity index is 1.76. The van der Waals surface area contributed by atoms with Crippen LogP contribution in [0.5, 0.6) is 0 Å². The Morgan fingerprint density at radius 3 is 2.94 bits per heavy atom. The van der Waals surface area contributed by atoms with Crippen LogP contribution in [0.4, 0.5) is 0 Å². The molecule has 0 amide bonds. The molecule has 4 heteroatoms. The summed E-state index contributed by atoms with van der Waals surface area (Å²) >= 11 is 2.12. The Hall–Kier alpha value is 0.230. The predicted molar refractivity (Wildman–Crippen MR) is 74.8 cm³/mol. The van der Waals surface area contributed by atoms with Crippen molar-refractivity contribution in [3.63, 3.8) is 0 Å². The van der Waals surface area contributed by atoms with Gasteiger partial charge in [0, 0.05) is 43.3 Å². The zero-order chi connectivity index (χ0) is 12.3. The molecule has 0 aliphatic carbocycles. The average molecular weight is 258 g/mol. The third-order valence-corrected chi connectivity index (χ3v) is 5.30. The molecule has 2 heterocycles. The summed E-state index contributed by atoms with van der Waals surface area (Å²) in [6.07, 6.45) is 2.90. The van der Waals surface area contributed by atoms with Crippen LogP contribution in [0.25, 0.3) is 0 Å². The summed E-state index contributed by atoms with van der Waals surface area (Å²) in [4.78, 5) is 2.62. The van der Waals surface area contributed by atoms with Crippen LogP contribution < -0.4 is 5.32 Å². The molecule has 0 aromatic heterocycles. The van der Waals surface area contributed by atoms with E-state index in [0.717, 1.165) is 6.54 Å². The lowest BCUT2D eigenvalue weighted by Gasteiger charge is -2.25. The van der Waals surface area contributed by atoms with E-state index in [1.54, 1.807) is 0 Å². The summed E-state index contributed by atoms with van der Waals surface area (Å²) in [7, 11) is 1.82. The number of methoxy groups -OCH3 is 1. The summed E-state index contributed by atoms with van der Waals surface area (Å²) < 4.78 is 5.87. The van der Waals surface area contributed by atoms with E-state index in [0.29, 0.717) is 16.9 Å². The summed E-state index contributed by atoms with van der Waals surface area (Å²) in [5.41, 5.74) is 0. The van der Waals surface area contributed by atoms with E-state index in [4.69, 9.17) is 4.74 Å². The van der Waals surface area contributed by atoms with Crippen LogP contribution >= 0.6 is 11.8 Å². The highest BCUT2D eigenvalue weighted by Crippen LogP contribution is 2.30. The smallest absolute Gasteiger partial charge is 0.0711 e. The summed E-state index contributed by atoms with van der Waals surface area (Å²) in [6.45, 7) is 9.44. The predicted octanol–water partition coefficient (Wildman–Crippen LogP) is 1.58. The normalized spacial score (nSPS) is 34.8. The van der Waals surface area contributed by atoms with Gasteiger partial charge in [-0.2, -0.15) is 11.8 Å². The molecule has 2 atom stereocenters. The van der Waals surface area contributed by atoms with Crippen molar-refractivity contribution in [2.24, 2.45) is 0 Å². The van der Waals surface area contributed by atoms with E-state index in [2.05, 4.69) is 35.8 Å². The molecule has 1 N–H and O–H groups in total. The van der Waals surface area contributed by atoms with Gasteiger partial charge in [0.15, 0.2) is 0 Å². The Bertz CT molecular complexity index is 248. The molecule has 17 heavy (non-hydrogen) atoms. The molecule has 2 aliphatic heterocycles. The third-order valence-electron chi connectivity index (χ3n) is 3.92. The molecule has 3 nitrogen and oxygen atoms in total. The van der Waals surface area contributed by atoms with Gasteiger partial charge in [0.2, 0.25) is 0 Å². The maximum absolute atomic E-state index is 5.40. The van der Waals surface area contributed by atoms with Crippen molar-refractivity contribution in [1.82, 2.24) is 10.2 Å². The van der Waals surface area contributed by atoms with Gasteiger partial charge in [0.25, 0.3) is 0 Å².